The van der Waals surface area contributed by atoms with E-state index in [0.29, 0.717) is 11.7 Å². The first kappa shape index (κ1) is 13.0. The fourth-order valence-corrected chi connectivity index (χ4v) is 2.17. The van der Waals surface area contributed by atoms with Crippen molar-refractivity contribution in [2.24, 2.45) is 0 Å². The Kier molecular flexibility index (Phi) is 3.61. The molecule has 0 N–H and O–H groups in total. The maximum atomic E-state index is 11.3. The van der Waals surface area contributed by atoms with Crippen LogP contribution in [0.3, 0.4) is 0 Å². The predicted molar refractivity (Wildman–Crippen MR) is 71.3 cm³/mol. The van der Waals surface area contributed by atoms with Crippen molar-refractivity contribution >= 4 is 21.7 Å². The lowest BCUT2D eigenvalue weighted by molar-refractivity contribution is -0.118. The summed E-state index contributed by atoms with van der Waals surface area (Å²) in [5.41, 5.74) is 2.00. The minimum atomic E-state index is -0.365. The predicted octanol–water partition coefficient (Wildman–Crippen LogP) is 3.50. The number of Topliss-reactive ketones (excluding diaryl/α,β-unsaturated/α-hetero) is 1. The van der Waals surface area contributed by atoms with Gasteiger partial charge < -0.3 is 4.52 Å². The van der Waals surface area contributed by atoms with Gasteiger partial charge in [-0.2, -0.15) is 4.98 Å². The first-order valence-electron chi connectivity index (χ1n) is 5.59. The summed E-state index contributed by atoms with van der Waals surface area (Å²) in [6.45, 7) is 5.27. The van der Waals surface area contributed by atoms with Gasteiger partial charge in [-0.3, -0.25) is 4.79 Å². The standard InChI is InChI=1S/C13H13BrN2O2/c1-7-4-5-10(11(14)6-7)12-15-13(18-16-12)8(2)9(3)17/h4-6,8H,1-3H3. The van der Waals surface area contributed by atoms with E-state index in [1.807, 2.05) is 25.1 Å². The van der Waals surface area contributed by atoms with Crippen LogP contribution in [-0.4, -0.2) is 15.9 Å². The third kappa shape index (κ3) is 2.51. The van der Waals surface area contributed by atoms with Crippen LogP contribution in [0.4, 0.5) is 0 Å². The Labute approximate surface area is 114 Å². The number of carbonyl (C=O) groups is 1. The molecule has 0 saturated carbocycles. The van der Waals surface area contributed by atoms with Gasteiger partial charge in [0, 0.05) is 10.0 Å². The van der Waals surface area contributed by atoms with Gasteiger partial charge in [0.15, 0.2) is 0 Å². The minimum Gasteiger partial charge on any atom is -0.338 e. The maximum Gasteiger partial charge on any atom is 0.237 e. The fourth-order valence-electron chi connectivity index (χ4n) is 1.50. The van der Waals surface area contributed by atoms with Gasteiger partial charge in [0.1, 0.15) is 5.78 Å². The van der Waals surface area contributed by atoms with Crippen molar-refractivity contribution in [3.63, 3.8) is 0 Å². The summed E-state index contributed by atoms with van der Waals surface area (Å²) in [4.78, 5) is 15.5. The van der Waals surface area contributed by atoms with Crippen molar-refractivity contribution in [1.29, 1.82) is 0 Å². The van der Waals surface area contributed by atoms with Crippen molar-refractivity contribution in [3.8, 4) is 11.4 Å². The summed E-state index contributed by atoms with van der Waals surface area (Å²) >= 11 is 3.47. The number of nitrogens with zero attached hydrogens (tertiary/aromatic N) is 2. The molecule has 1 heterocycles. The number of ketones is 1. The molecule has 18 heavy (non-hydrogen) atoms. The molecule has 1 unspecified atom stereocenters. The highest BCUT2D eigenvalue weighted by atomic mass is 79.9. The average Bonchev–Trinajstić information content (AvgIpc) is 2.77. The van der Waals surface area contributed by atoms with Crippen LogP contribution in [0, 0.1) is 6.92 Å². The van der Waals surface area contributed by atoms with Crippen molar-refractivity contribution in [3.05, 3.63) is 34.1 Å². The summed E-state index contributed by atoms with van der Waals surface area (Å²) in [7, 11) is 0. The number of rotatable bonds is 3. The Bertz CT molecular complexity index is 592. The number of benzene rings is 1. The summed E-state index contributed by atoms with van der Waals surface area (Å²) in [6, 6.07) is 5.89. The van der Waals surface area contributed by atoms with E-state index in [4.69, 9.17) is 4.52 Å². The Hall–Kier alpha value is -1.49. The zero-order chi connectivity index (χ0) is 13.3. The quantitative estimate of drug-likeness (QED) is 0.870. The van der Waals surface area contributed by atoms with Crippen molar-refractivity contribution in [2.75, 3.05) is 0 Å². The largest absolute Gasteiger partial charge is 0.338 e. The first-order chi connectivity index (χ1) is 8.49. The van der Waals surface area contributed by atoms with Crippen LogP contribution in [0.15, 0.2) is 27.2 Å². The molecule has 0 fully saturated rings. The third-order valence-corrected chi connectivity index (χ3v) is 3.44. The molecule has 0 amide bonds. The highest BCUT2D eigenvalue weighted by Gasteiger charge is 2.19. The smallest absolute Gasteiger partial charge is 0.237 e. The second kappa shape index (κ2) is 5.02. The van der Waals surface area contributed by atoms with E-state index >= 15 is 0 Å². The zero-order valence-electron chi connectivity index (χ0n) is 10.4. The molecule has 0 aliphatic carbocycles. The number of halogens is 1. The third-order valence-electron chi connectivity index (χ3n) is 2.79. The molecule has 0 aliphatic rings. The topological polar surface area (TPSA) is 56.0 Å². The van der Waals surface area contributed by atoms with E-state index in [9.17, 15) is 4.79 Å². The van der Waals surface area contributed by atoms with Crippen LogP contribution in [0.2, 0.25) is 0 Å². The lowest BCUT2D eigenvalue weighted by Crippen LogP contribution is -2.04. The highest BCUT2D eigenvalue weighted by molar-refractivity contribution is 9.10. The van der Waals surface area contributed by atoms with E-state index in [0.717, 1.165) is 15.6 Å². The normalized spacial score (nSPS) is 12.4. The molecule has 2 aromatic rings. The van der Waals surface area contributed by atoms with Crippen LogP contribution >= 0.6 is 15.9 Å². The molecule has 0 saturated heterocycles. The molecule has 1 aromatic heterocycles. The number of hydrogen-bond acceptors (Lipinski definition) is 4. The van der Waals surface area contributed by atoms with Gasteiger partial charge in [-0.25, -0.2) is 0 Å². The molecule has 0 radical (unpaired) electrons. The molecule has 0 bridgehead atoms. The van der Waals surface area contributed by atoms with Gasteiger partial charge in [-0.1, -0.05) is 27.2 Å². The van der Waals surface area contributed by atoms with E-state index in [-0.39, 0.29) is 11.7 Å². The van der Waals surface area contributed by atoms with Crippen LogP contribution < -0.4 is 0 Å². The minimum absolute atomic E-state index is 0.00757. The van der Waals surface area contributed by atoms with Crippen LogP contribution in [0.5, 0.6) is 0 Å². The maximum absolute atomic E-state index is 11.3. The fraction of sp³-hybridized carbons (Fsp3) is 0.308. The van der Waals surface area contributed by atoms with E-state index < -0.39 is 0 Å². The van der Waals surface area contributed by atoms with Gasteiger partial charge in [-0.05, 0) is 38.5 Å². The number of carbonyl (C=O) groups excluding carboxylic acids is 1. The molecule has 1 atom stereocenters. The van der Waals surface area contributed by atoms with Gasteiger partial charge in [0.05, 0.1) is 5.92 Å². The lowest BCUT2D eigenvalue weighted by Gasteiger charge is -2.00. The van der Waals surface area contributed by atoms with Crippen LogP contribution in [0.1, 0.15) is 31.2 Å². The summed E-state index contributed by atoms with van der Waals surface area (Å²) in [6.07, 6.45) is 0. The second-order valence-corrected chi connectivity index (χ2v) is 5.13. The Morgan fingerprint density at radius 1 is 1.44 bits per heavy atom. The number of aromatic nitrogens is 2. The van der Waals surface area contributed by atoms with Crippen molar-refractivity contribution in [2.45, 2.75) is 26.7 Å². The van der Waals surface area contributed by atoms with Gasteiger partial charge in [0.2, 0.25) is 11.7 Å². The highest BCUT2D eigenvalue weighted by Crippen LogP contribution is 2.28. The second-order valence-electron chi connectivity index (χ2n) is 4.27. The van der Waals surface area contributed by atoms with E-state index in [1.54, 1.807) is 6.92 Å². The number of hydrogen-bond donors (Lipinski definition) is 0. The lowest BCUT2D eigenvalue weighted by atomic mass is 10.1. The van der Waals surface area contributed by atoms with Gasteiger partial charge in [-0.15, -0.1) is 0 Å². The molecule has 94 valence electrons. The first-order valence-corrected chi connectivity index (χ1v) is 6.39. The Morgan fingerprint density at radius 3 is 2.78 bits per heavy atom. The molecular weight excluding hydrogens is 296 g/mol. The van der Waals surface area contributed by atoms with Crippen molar-refractivity contribution < 1.29 is 9.32 Å². The zero-order valence-corrected chi connectivity index (χ0v) is 12.0. The molecule has 1 aromatic carbocycles. The number of aryl methyl sites for hydroxylation is 1. The van der Waals surface area contributed by atoms with Crippen LogP contribution in [-0.2, 0) is 4.79 Å². The van der Waals surface area contributed by atoms with E-state index in [1.165, 1.54) is 6.92 Å². The average molecular weight is 309 g/mol. The Balaban J connectivity index is 2.38. The molecule has 5 heteroatoms. The Morgan fingerprint density at radius 2 is 2.17 bits per heavy atom. The molecule has 4 nitrogen and oxygen atoms in total. The summed E-state index contributed by atoms with van der Waals surface area (Å²) < 4.78 is 6.03. The molecular formula is C13H13BrN2O2. The molecule has 0 spiro atoms. The van der Waals surface area contributed by atoms with Gasteiger partial charge in [0.25, 0.3) is 0 Å². The van der Waals surface area contributed by atoms with Gasteiger partial charge >= 0.3 is 0 Å². The monoisotopic (exact) mass is 308 g/mol. The molecule has 0 aliphatic heterocycles. The summed E-state index contributed by atoms with van der Waals surface area (Å²) in [5, 5.41) is 3.91. The summed E-state index contributed by atoms with van der Waals surface area (Å²) in [5.74, 6) is 0.485. The van der Waals surface area contributed by atoms with Crippen LogP contribution in [0.25, 0.3) is 11.4 Å². The molecule has 2 rings (SSSR count). The van der Waals surface area contributed by atoms with Crippen molar-refractivity contribution in [1.82, 2.24) is 10.1 Å². The SMILES string of the molecule is CC(=O)C(C)c1nc(-c2ccc(C)cc2Br)no1. The van der Waals surface area contributed by atoms with E-state index in [2.05, 4.69) is 26.1 Å².